The molecule has 0 heterocycles. The van der Waals surface area contributed by atoms with E-state index in [2.05, 4.69) is 38.2 Å². The maximum Gasteiger partial charge on any atom is 0.130 e. The van der Waals surface area contributed by atoms with Crippen LogP contribution in [0.15, 0.2) is 36.4 Å². The van der Waals surface area contributed by atoms with Gasteiger partial charge in [-0.2, -0.15) is 0 Å². The maximum atomic E-state index is 8.74. The van der Waals surface area contributed by atoms with Crippen LogP contribution in [-0.4, -0.2) is 18.3 Å². The first-order valence-corrected chi connectivity index (χ1v) is 7.26. The lowest BCUT2D eigenvalue weighted by molar-refractivity contribution is 0.292. The van der Waals surface area contributed by atoms with E-state index in [1.807, 2.05) is 24.3 Å². The van der Waals surface area contributed by atoms with Gasteiger partial charge >= 0.3 is 0 Å². The van der Waals surface area contributed by atoms with Crippen LogP contribution in [0.3, 0.4) is 0 Å². The molecule has 2 aromatic rings. The molecule has 21 heavy (non-hydrogen) atoms. The molecule has 112 valence electrons. The Hall–Kier alpha value is -1.84. The molecular formula is C18H23NO2. The first-order valence-electron chi connectivity index (χ1n) is 7.26. The van der Waals surface area contributed by atoms with Gasteiger partial charge in [-0.3, -0.25) is 0 Å². The smallest absolute Gasteiger partial charge is 0.130 e. The van der Waals surface area contributed by atoms with Crippen molar-refractivity contribution in [1.29, 1.82) is 0 Å². The minimum absolute atomic E-state index is 0.160. The molecule has 0 bridgehead atoms. The molecule has 0 unspecified atom stereocenters. The van der Waals surface area contributed by atoms with Crippen molar-refractivity contribution in [3.63, 3.8) is 0 Å². The number of ether oxygens (including phenoxy) is 1. The summed E-state index contributed by atoms with van der Waals surface area (Å²) in [5, 5.41) is 11.9. The van der Waals surface area contributed by atoms with E-state index in [9.17, 15) is 0 Å². The van der Waals surface area contributed by atoms with Crippen LogP contribution in [0.5, 0.6) is 11.5 Å². The average Bonchev–Trinajstić information content (AvgIpc) is 2.46. The van der Waals surface area contributed by atoms with Crippen LogP contribution < -0.4 is 10.1 Å². The quantitative estimate of drug-likeness (QED) is 0.798. The van der Waals surface area contributed by atoms with E-state index in [4.69, 9.17) is 9.84 Å². The normalized spacial score (nSPS) is 10.7. The molecule has 0 radical (unpaired) electrons. The van der Waals surface area contributed by atoms with Gasteiger partial charge in [0, 0.05) is 13.1 Å². The third-order valence-corrected chi connectivity index (χ3v) is 3.53. The number of aliphatic hydroxyl groups is 1. The fraction of sp³-hybridized carbons (Fsp3) is 0.333. The largest absolute Gasteiger partial charge is 0.457 e. The van der Waals surface area contributed by atoms with Gasteiger partial charge < -0.3 is 15.2 Å². The molecule has 0 aliphatic rings. The molecule has 0 aliphatic heterocycles. The van der Waals surface area contributed by atoms with Gasteiger partial charge in [-0.05, 0) is 61.2 Å². The number of hydrogen-bond acceptors (Lipinski definition) is 3. The topological polar surface area (TPSA) is 41.5 Å². The summed E-state index contributed by atoms with van der Waals surface area (Å²) in [7, 11) is 0. The molecule has 0 aliphatic carbocycles. The highest BCUT2D eigenvalue weighted by Crippen LogP contribution is 2.28. The Labute approximate surface area is 126 Å². The Bertz CT molecular complexity index is 591. The van der Waals surface area contributed by atoms with Gasteiger partial charge in [-0.1, -0.05) is 18.2 Å². The van der Waals surface area contributed by atoms with E-state index in [0.717, 1.165) is 18.0 Å². The molecule has 3 heteroatoms. The first kappa shape index (κ1) is 15.5. The predicted octanol–water partition coefficient (Wildman–Crippen LogP) is 3.49. The third-order valence-electron chi connectivity index (χ3n) is 3.53. The lowest BCUT2D eigenvalue weighted by Gasteiger charge is -2.12. The van der Waals surface area contributed by atoms with Crippen LogP contribution in [0.4, 0.5) is 0 Å². The van der Waals surface area contributed by atoms with E-state index in [1.54, 1.807) is 0 Å². The van der Waals surface area contributed by atoms with E-state index in [0.29, 0.717) is 6.54 Å². The summed E-state index contributed by atoms with van der Waals surface area (Å²) in [6.07, 6.45) is 0. The number of hydrogen-bond donors (Lipinski definition) is 2. The lowest BCUT2D eigenvalue weighted by atomic mass is 10.1. The third kappa shape index (κ3) is 4.31. The van der Waals surface area contributed by atoms with E-state index < -0.39 is 0 Å². The van der Waals surface area contributed by atoms with Gasteiger partial charge in [0.1, 0.15) is 11.5 Å². The van der Waals surface area contributed by atoms with E-state index >= 15 is 0 Å². The Morgan fingerprint density at radius 2 is 1.76 bits per heavy atom. The monoisotopic (exact) mass is 285 g/mol. The molecule has 3 nitrogen and oxygen atoms in total. The zero-order valence-corrected chi connectivity index (χ0v) is 12.9. The van der Waals surface area contributed by atoms with Gasteiger partial charge in [-0.25, -0.2) is 0 Å². The number of nitrogens with one attached hydrogen (secondary N) is 1. The van der Waals surface area contributed by atoms with Gasteiger partial charge in [0.25, 0.3) is 0 Å². The number of benzene rings is 2. The lowest BCUT2D eigenvalue weighted by Crippen LogP contribution is -2.17. The summed E-state index contributed by atoms with van der Waals surface area (Å²) in [5.41, 5.74) is 4.80. The van der Waals surface area contributed by atoms with Crippen molar-refractivity contribution in [2.75, 3.05) is 13.2 Å². The standard InChI is InChI=1S/C18H23NO2/c1-13-10-14(2)15(3)18(11-13)21-17-6-4-16(5-7-17)12-19-8-9-20/h4-7,10-11,19-20H,8-9,12H2,1-3H3. The molecule has 0 aromatic heterocycles. The highest BCUT2D eigenvalue weighted by molar-refractivity contribution is 5.44. The van der Waals surface area contributed by atoms with E-state index in [-0.39, 0.29) is 6.61 Å². The summed E-state index contributed by atoms with van der Waals surface area (Å²) in [4.78, 5) is 0. The van der Waals surface area contributed by atoms with Gasteiger partial charge in [-0.15, -0.1) is 0 Å². The Morgan fingerprint density at radius 1 is 1.05 bits per heavy atom. The molecule has 2 rings (SSSR count). The first-order chi connectivity index (χ1) is 10.1. The van der Waals surface area contributed by atoms with Gasteiger partial charge in [0.05, 0.1) is 6.61 Å². The second-order valence-electron chi connectivity index (χ2n) is 5.35. The van der Waals surface area contributed by atoms with Crippen molar-refractivity contribution in [3.8, 4) is 11.5 Å². The zero-order valence-electron chi connectivity index (χ0n) is 12.9. The fourth-order valence-electron chi connectivity index (χ4n) is 2.22. The second kappa shape index (κ2) is 7.25. The SMILES string of the molecule is Cc1cc(C)c(C)c(Oc2ccc(CNCCO)cc2)c1. The summed E-state index contributed by atoms with van der Waals surface area (Å²) in [5.74, 6) is 1.76. The van der Waals surface area contributed by atoms with Crippen LogP contribution in [0.1, 0.15) is 22.3 Å². The van der Waals surface area contributed by atoms with Crippen LogP contribution in [-0.2, 0) is 6.54 Å². The van der Waals surface area contributed by atoms with Crippen molar-refractivity contribution < 1.29 is 9.84 Å². The molecule has 0 atom stereocenters. The predicted molar refractivity (Wildman–Crippen MR) is 86.0 cm³/mol. The van der Waals surface area contributed by atoms with Crippen molar-refractivity contribution in [1.82, 2.24) is 5.32 Å². The van der Waals surface area contributed by atoms with Crippen LogP contribution in [0, 0.1) is 20.8 Å². The summed E-state index contributed by atoms with van der Waals surface area (Å²) in [6.45, 7) is 7.79. The molecule has 0 spiro atoms. The highest BCUT2D eigenvalue weighted by atomic mass is 16.5. The minimum atomic E-state index is 0.160. The summed E-state index contributed by atoms with van der Waals surface area (Å²) < 4.78 is 5.99. The molecule has 0 amide bonds. The highest BCUT2D eigenvalue weighted by Gasteiger charge is 2.05. The average molecular weight is 285 g/mol. The van der Waals surface area contributed by atoms with Gasteiger partial charge in [0.15, 0.2) is 0 Å². The number of rotatable bonds is 6. The molecule has 0 saturated carbocycles. The Kier molecular flexibility index (Phi) is 5.37. The minimum Gasteiger partial charge on any atom is -0.457 e. The zero-order chi connectivity index (χ0) is 15.2. The van der Waals surface area contributed by atoms with Gasteiger partial charge in [0.2, 0.25) is 0 Å². The molecule has 2 N–H and O–H groups in total. The fourth-order valence-corrected chi connectivity index (χ4v) is 2.22. The molecule has 2 aromatic carbocycles. The summed E-state index contributed by atoms with van der Waals surface area (Å²) >= 11 is 0. The van der Waals surface area contributed by atoms with Crippen molar-refractivity contribution in [3.05, 3.63) is 58.7 Å². The van der Waals surface area contributed by atoms with E-state index in [1.165, 1.54) is 22.3 Å². The second-order valence-corrected chi connectivity index (χ2v) is 5.35. The number of aryl methyl sites for hydroxylation is 2. The Morgan fingerprint density at radius 3 is 2.43 bits per heavy atom. The van der Waals surface area contributed by atoms with Crippen molar-refractivity contribution in [2.24, 2.45) is 0 Å². The van der Waals surface area contributed by atoms with Crippen LogP contribution >= 0.6 is 0 Å². The van der Waals surface area contributed by atoms with Crippen LogP contribution in [0.2, 0.25) is 0 Å². The molecule has 0 saturated heterocycles. The number of aliphatic hydroxyl groups excluding tert-OH is 1. The van der Waals surface area contributed by atoms with Crippen molar-refractivity contribution >= 4 is 0 Å². The molecule has 0 fully saturated rings. The van der Waals surface area contributed by atoms with Crippen molar-refractivity contribution in [2.45, 2.75) is 27.3 Å². The Balaban J connectivity index is 2.07. The summed E-state index contributed by atoms with van der Waals surface area (Å²) in [6, 6.07) is 12.3. The maximum absolute atomic E-state index is 8.74. The van der Waals surface area contributed by atoms with Crippen LogP contribution in [0.25, 0.3) is 0 Å². The molecular weight excluding hydrogens is 262 g/mol.